The van der Waals surface area contributed by atoms with Crippen molar-refractivity contribution in [2.24, 2.45) is 0 Å². The van der Waals surface area contributed by atoms with Crippen LogP contribution in [0.1, 0.15) is 32.3 Å². The summed E-state index contributed by atoms with van der Waals surface area (Å²) in [6.45, 7) is 4.72. The zero-order chi connectivity index (χ0) is 16.2. The molecule has 22 heavy (non-hydrogen) atoms. The summed E-state index contributed by atoms with van der Waals surface area (Å²) in [5, 5.41) is 15.7. The van der Waals surface area contributed by atoms with Crippen LogP contribution in [0.3, 0.4) is 0 Å². The number of nitrogens with one attached hydrogen (secondary N) is 2. The van der Waals surface area contributed by atoms with Gasteiger partial charge in [-0.15, -0.1) is 0 Å². The summed E-state index contributed by atoms with van der Waals surface area (Å²) in [6, 6.07) is 5.20. The van der Waals surface area contributed by atoms with Crippen LogP contribution in [0, 0.1) is 5.82 Å². The molecule has 0 aliphatic carbocycles. The third-order valence-electron chi connectivity index (χ3n) is 3.98. The first-order valence-electron chi connectivity index (χ1n) is 7.45. The summed E-state index contributed by atoms with van der Waals surface area (Å²) >= 11 is 0. The quantitative estimate of drug-likeness (QED) is 0.778. The van der Waals surface area contributed by atoms with E-state index in [0.717, 1.165) is 19.4 Å². The first-order chi connectivity index (χ1) is 10.3. The number of carbonyl (C=O) groups excluding carboxylic acids is 1. The van der Waals surface area contributed by atoms with E-state index in [1.54, 1.807) is 6.92 Å². The lowest BCUT2D eigenvalue weighted by Crippen LogP contribution is -2.47. The lowest BCUT2D eigenvalue weighted by Gasteiger charge is -2.26. The maximum Gasteiger partial charge on any atom is 0.315 e. The number of benzene rings is 1. The van der Waals surface area contributed by atoms with Crippen molar-refractivity contribution in [3.05, 3.63) is 35.6 Å². The van der Waals surface area contributed by atoms with Gasteiger partial charge in [0, 0.05) is 13.2 Å². The second kappa shape index (κ2) is 6.62. The van der Waals surface area contributed by atoms with E-state index in [0.29, 0.717) is 12.1 Å². The first-order valence-corrected chi connectivity index (χ1v) is 7.45. The Bertz CT molecular complexity index is 511. The number of halogens is 1. The molecule has 0 spiro atoms. The van der Waals surface area contributed by atoms with Crippen LogP contribution in [-0.2, 0) is 10.3 Å². The van der Waals surface area contributed by atoms with Crippen LogP contribution in [0.2, 0.25) is 0 Å². The number of aliphatic hydroxyl groups is 1. The molecular formula is C16H23FN2O3. The molecule has 0 saturated carbocycles. The van der Waals surface area contributed by atoms with Crippen LogP contribution in [0.4, 0.5) is 9.18 Å². The van der Waals surface area contributed by atoms with Gasteiger partial charge >= 0.3 is 6.03 Å². The Balaban J connectivity index is 1.80. The molecule has 1 aromatic rings. The third-order valence-corrected chi connectivity index (χ3v) is 3.98. The molecule has 2 rings (SSSR count). The molecule has 3 N–H and O–H groups in total. The number of hydrogen-bond donors (Lipinski definition) is 3. The van der Waals surface area contributed by atoms with E-state index in [4.69, 9.17) is 4.74 Å². The molecule has 1 fully saturated rings. The minimum absolute atomic E-state index is 0.0298. The van der Waals surface area contributed by atoms with E-state index >= 15 is 0 Å². The van der Waals surface area contributed by atoms with Gasteiger partial charge in [-0.3, -0.25) is 0 Å². The molecular weight excluding hydrogens is 287 g/mol. The average molecular weight is 310 g/mol. The zero-order valence-electron chi connectivity index (χ0n) is 13.0. The van der Waals surface area contributed by atoms with Gasteiger partial charge in [0.15, 0.2) is 0 Å². The van der Waals surface area contributed by atoms with Crippen LogP contribution in [0.15, 0.2) is 24.3 Å². The second-order valence-corrected chi connectivity index (χ2v) is 6.22. The second-order valence-electron chi connectivity index (χ2n) is 6.22. The fraction of sp³-hybridized carbons (Fsp3) is 0.562. The van der Waals surface area contributed by atoms with Gasteiger partial charge in [0.1, 0.15) is 11.4 Å². The highest BCUT2D eigenvalue weighted by Gasteiger charge is 2.30. The van der Waals surface area contributed by atoms with Crippen molar-refractivity contribution in [2.45, 2.75) is 37.9 Å². The fourth-order valence-electron chi connectivity index (χ4n) is 2.47. The SMILES string of the molecule is C[C@]1(CNC(=O)NC[C@](C)(O)c2ccc(F)cc2)CCCO1. The van der Waals surface area contributed by atoms with Gasteiger partial charge in [-0.1, -0.05) is 12.1 Å². The van der Waals surface area contributed by atoms with Crippen molar-refractivity contribution in [1.29, 1.82) is 0 Å². The fourth-order valence-corrected chi connectivity index (χ4v) is 2.47. The Hall–Kier alpha value is -1.66. The maximum atomic E-state index is 12.9. The van der Waals surface area contributed by atoms with Crippen LogP contribution < -0.4 is 10.6 Å². The average Bonchev–Trinajstić information content (AvgIpc) is 2.91. The highest BCUT2D eigenvalue weighted by atomic mass is 19.1. The molecule has 1 aliphatic rings. The molecule has 122 valence electrons. The number of rotatable bonds is 5. The number of ether oxygens (including phenoxy) is 1. The van der Waals surface area contributed by atoms with E-state index in [2.05, 4.69) is 10.6 Å². The Kier molecular flexibility index (Phi) is 5.03. The topological polar surface area (TPSA) is 70.6 Å². The summed E-state index contributed by atoms with van der Waals surface area (Å²) in [6.07, 6.45) is 1.92. The van der Waals surface area contributed by atoms with Crippen LogP contribution in [0.5, 0.6) is 0 Å². The van der Waals surface area contributed by atoms with Crippen molar-refractivity contribution >= 4 is 6.03 Å². The van der Waals surface area contributed by atoms with Gasteiger partial charge in [0.25, 0.3) is 0 Å². The van der Waals surface area contributed by atoms with E-state index in [-0.39, 0.29) is 24.0 Å². The summed E-state index contributed by atoms with van der Waals surface area (Å²) < 4.78 is 18.5. The monoisotopic (exact) mass is 310 g/mol. The Morgan fingerprint density at radius 3 is 2.68 bits per heavy atom. The van der Waals surface area contributed by atoms with E-state index < -0.39 is 5.60 Å². The van der Waals surface area contributed by atoms with Crippen molar-refractivity contribution in [3.8, 4) is 0 Å². The smallest absolute Gasteiger partial charge is 0.315 e. The van der Waals surface area contributed by atoms with Crippen molar-refractivity contribution in [2.75, 3.05) is 19.7 Å². The maximum absolute atomic E-state index is 12.9. The van der Waals surface area contributed by atoms with Crippen LogP contribution in [0.25, 0.3) is 0 Å². The first kappa shape index (κ1) is 16.7. The van der Waals surface area contributed by atoms with E-state index in [9.17, 15) is 14.3 Å². The summed E-state index contributed by atoms with van der Waals surface area (Å²) in [5.41, 5.74) is -1.03. The zero-order valence-corrected chi connectivity index (χ0v) is 13.0. The predicted molar refractivity (Wildman–Crippen MR) is 81.0 cm³/mol. The number of urea groups is 1. The van der Waals surface area contributed by atoms with E-state index in [1.165, 1.54) is 24.3 Å². The normalized spacial score (nSPS) is 23.8. The minimum Gasteiger partial charge on any atom is -0.384 e. The number of carbonyl (C=O) groups is 1. The summed E-state index contributed by atoms with van der Waals surface area (Å²) in [4.78, 5) is 11.8. The highest BCUT2D eigenvalue weighted by Crippen LogP contribution is 2.24. The lowest BCUT2D eigenvalue weighted by molar-refractivity contribution is 0.0224. The van der Waals surface area contributed by atoms with Gasteiger partial charge in [0.2, 0.25) is 0 Å². The molecule has 6 heteroatoms. The Morgan fingerprint density at radius 2 is 2.09 bits per heavy atom. The molecule has 1 aromatic carbocycles. The molecule has 5 nitrogen and oxygen atoms in total. The number of amides is 2. The summed E-state index contributed by atoms with van der Waals surface area (Å²) in [5.74, 6) is -0.366. The molecule has 1 heterocycles. The molecule has 0 radical (unpaired) electrons. The van der Waals surface area contributed by atoms with Crippen LogP contribution >= 0.6 is 0 Å². The lowest BCUT2D eigenvalue weighted by atomic mass is 9.96. The number of hydrogen-bond acceptors (Lipinski definition) is 3. The van der Waals surface area contributed by atoms with Crippen molar-refractivity contribution < 1.29 is 19.0 Å². The molecule has 2 atom stereocenters. The third kappa shape index (κ3) is 4.42. The van der Waals surface area contributed by atoms with Gasteiger partial charge in [-0.05, 0) is 44.4 Å². The van der Waals surface area contributed by atoms with Gasteiger partial charge < -0.3 is 20.5 Å². The molecule has 2 amide bonds. The Labute approximate surface area is 129 Å². The van der Waals surface area contributed by atoms with Crippen molar-refractivity contribution in [3.63, 3.8) is 0 Å². The largest absolute Gasteiger partial charge is 0.384 e. The van der Waals surface area contributed by atoms with Gasteiger partial charge in [-0.2, -0.15) is 0 Å². The van der Waals surface area contributed by atoms with Crippen LogP contribution in [-0.4, -0.2) is 36.4 Å². The Morgan fingerprint density at radius 1 is 1.41 bits per heavy atom. The standard InChI is InChI=1S/C16H23FN2O3/c1-15(8-3-9-22-15)10-18-14(20)19-11-16(2,21)12-4-6-13(17)7-5-12/h4-7,21H,3,8-11H2,1-2H3,(H2,18,19,20)/t15-,16+/m1/s1. The molecule has 0 unspecified atom stereocenters. The molecule has 1 saturated heterocycles. The minimum atomic E-state index is -1.27. The molecule has 0 aromatic heterocycles. The molecule has 0 bridgehead atoms. The van der Waals surface area contributed by atoms with E-state index in [1.807, 2.05) is 6.92 Å². The summed E-state index contributed by atoms with van der Waals surface area (Å²) in [7, 11) is 0. The highest BCUT2D eigenvalue weighted by molar-refractivity contribution is 5.74. The molecule has 1 aliphatic heterocycles. The van der Waals surface area contributed by atoms with Crippen molar-refractivity contribution in [1.82, 2.24) is 10.6 Å². The van der Waals surface area contributed by atoms with Gasteiger partial charge in [0.05, 0.1) is 12.1 Å². The van der Waals surface area contributed by atoms with Gasteiger partial charge in [-0.25, -0.2) is 9.18 Å². The predicted octanol–water partition coefficient (Wildman–Crippen LogP) is 1.90.